The molecule has 6 nitrogen and oxygen atoms in total. The molecule has 0 saturated carbocycles. The first-order valence-electron chi connectivity index (χ1n) is 8.25. The summed E-state index contributed by atoms with van der Waals surface area (Å²) in [5, 5.41) is 6.10. The summed E-state index contributed by atoms with van der Waals surface area (Å²) in [5.41, 5.74) is 1.12. The van der Waals surface area contributed by atoms with Crippen LogP contribution >= 0.6 is 23.2 Å². The Bertz CT molecular complexity index is 782. The summed E-state index contributed by atoms with van der Waals surface area (Å²) >= 11 is 11.7. The van der Waals surface area contributed by atoms with Gasteiger partial charge in [-0.15, -0.1) is 0 Å². The fourth-order valence-electron chi connectivity index (χ4n) is 2.02. The largest absolute Gasteiger partial charge is 0.484 e. The molecule has 2 amide bonds. The molecule has 0 radical (unpaired) electrons. The summed E-state index contributed by atoms with van der Waals surface area (Å²) < 4.78 is 10.7. The summed E-state index contributed by atoms with van der Waals surface area (Å²) in [7, 11) is 0. The Morgan fingerprint density at radius 1 is 0.889 bits per heavy atom. The number of carbonyl (C=O) groups excluding carboxylic acids is 2. The van der Waals surface area contributed by atoms with Gasteiger partial charge in [-0.2, -0.15) is 0 Å². The number of ether oxygens (including phenoxy) is 2. The number of nitrogens with one attached hydrogen (secondary N) is 2. The van der Waals surface area contributed by atoms with Crippen molar-refractivity contribution >= 4 is 35.0 Å². The summed E-state index contributed by atoms with van der Waals surface area (Å²) in [6.07, 6.45) is 0. The lowest BCUT2D eigenvalue weighted by molar-refractivity contribution is -0.124. The van der Waals surface area contributed by atoms with Gasteiger partial charge in [-0.1, -0.05) is 40.9 Å². The Balaban J connectivity index is 1.58. The molecule has 0 unspecified atom stereocenters. The summed E-state index contributed by atoms with van der Waals surface area (Å²) in [6.45, 7) is 2.25. The molecular formula is C19H20Cl2N2O4. The van der Waals surface area contributed by atoms with Gasteiger partial charge in [-0.3, -0.25) is 9.59 Å². The summed E-state index contributed by atoms with van der Waals surface area (Å²) in [6, 6.07) is 12.2. The highest BCUT2D eigenvalue weighted by molar-refractivity contribution is 6.35. The zero-order valence-electron chi connectivity index (χ0n) is 14.8. The van der Waals surface area contributed by atoms with Crippen LogP contribution in [0.3, 0.4) is 0 Å². The zero-order valence-corrected chi connectivity index (χ0v) is 16.3. The quantitative estimate of drug-likeness (QED) is 0.622. The Labute approximate surface area is 167 Å². The van der Waals surface area contributed by atoms with Crippen molar-refractivity contribution in [2.45, 2.75) is 6.92 Å². The van der Waals surface area contributed by atoms with Crippen molar-refractivity contribution in [3.63, 3.8) is 0 Å². The average Bonchev–Trinajstić information content (AvgIpc) is 2.64. The number of amides is 2. The van der Waals surface area contributed by atoms with E-state index in [0.29, 0.717) is 21.5 Å². The maximum absolute atomic E-state index is 11.7. The molecule has 144 valence electrons. The van der Waals surface area contributed by atoms with E-state index in [4.69, 9.17) is 32.7 Å². The van der Waals surface area contributed by atoms with Crippen LogP contribution in [0, 0.1) is 6.92 Å². The molecule has 0 spiro atoms. The number of rotatable bonds is 9. The van der Waals surface area contributed by atoms with Gasteiger partial charge >= 0.3 is 0 Å². The molecule has 0 bridgehead atoms. The van der Waals surface area contributed by atoms with Gasteiger partial charge in [0.05, 0.1) is 5.02 Å². The predicted octanol–water partition coefficient (Wildman–Crippen LogP) is 2.99. The standard InChI is InChI=1S/C19H20Cl2N2O4/c1-13-2-5-15(6-3-13)26-11-18(24)22-8-9-23-19(25)12-27-17-7-4-14(20)10-16(17)21/h2-7,10H,8-9,11-12H2,1H3,(H,22,24)(H,23,25). The zero-order chi connectivity index (χ0) is 19.6. The molecule has 0 heterocycles. The number of hydrogen-bond donors (Lipinski definition) is 2. The van der Waals surface area contributed by atoms with Crippen molar-refractivity contribution in [3.8, 4) is 11.5 Å². The average molecular weight is 411 g/mol. The SMILES string of the molecule is Cc1ccc(OCC(=O)NCCNC(=O)COc2ccc(Cl)cc2Cl)cc1. The second-order valence-corrected chi connectivity index (χ2v) is 6.51. The van der Waals surface area contributed by atoms with E-state index in [-0.39, 0.29) is 38.1 Å². The highest BCUT2D eigenvalue weighted by Gasteiger charge is 2.07. The molecule has 2 aromatic carbocycles. The van der Waals surface area contributed by atoms with Crippen LogP contribution in [0.4, 0.5) is 0 Å². The molecular weight excluding hydrogens is 391 g/mol. The van der Waals surface area contributed by atoms with Gasteiger partial charge in [-0.05, 0) is 37.3 Å². The van der Waals surface area contributed by atoms with E-state index in [1.54, 1.807) is 24.3 Å². The van der Waals surface area contributed by atoms with E-state index in [0.717, 1.165) is 5.56 Å². The molecule has 0 saturated heterocycles. The van der Waals surface area contributed by atoms with Gasteiger partial charge in [0, 0.05) is 18.1 Å². The molecule has 2 N–H and O–H groups in total. The van der Waals surface area contributed by atoms with Crippen LogP contribution < -0.4 is 20.1 Å². The fourth-order valence-corrected chi connectivity index (χ4v) is 2.49. The Morgan fingerprint density at radius 3 is 2.07 bits per heavy atom. The first-order valence-corrected chi connectivity index (χ1v) is 9.00. The topological polar surface area (TPSA) is 76.7 Å². The molecule has 2 aromatic rings. The normalized spacial score (nSPS) is 10.2. The fraction of sp³-hybridized carbons (Fsp3) is 0.263. The van der Waals surface area contributed by atoms with Crippen LogP contribution in [-0.4, -0.2) is 38.1 Å². The van der Waals surface area contributed by atoms with Gasteiger partial charge < -0.3 is 20.1 Å². The molecule has 0 aromatic heterocycles. The van der Waals surface area contributed by atoms with E-state index in [9.17, 15) is 9.59 Å². The molecule has 0 atom stereocenters. The predicted molar refractivity (Wildman–Crippen MR) is 105 cm³/mol. The Morgan fingerprint density at radius 2 is 1.48 bits per heavy atom. The van der Waals surface area contributed by atoms with Gasteiger partial charge in [0.1, 0.15) is 11.5 Å². The maximum Gasteiger partial charge on any atom is 0.258 e. The van der Waals surface area contributed by atoms with Gasteiger partial charge in [-0.25, -0.2) is 0 Å². The van der Waals surface area contributed by atoms with Crippen LogP contribution in [0.5, 0.6) is 11.5 Å². The van der Waals surface area contributed by atoms with Crippen LogP contribution in [0.1, 0.15) is 5.56 Å². The van der Waals surface area contributed by atoms with Crippen molar-refractivity contribution in [1.82, 2.24) is 10.6 Å². The third-order valence-corrected chi connectivity index (χ3v) is 3.94. The molecule has 2 rings (SSSR count). The minimum absolute atomic E-state index is 0.0881. The molecule has 0 fully saturated rings. The highest BCUT2D eigenvalue weighted by Crippen LogP contribution is 2.27. The van der Waals surface area contributed by atoms with Crippen LogP contribution in [0.25, 0.3) is 0 Å². The Kier molecular flexibility index (Phi) is 8.23. The molecule has 27 heavy (non-hydrogen) atoms. The third-order valence-electron chi connectivity index (χ3n) is 3.41. The molecule has 0 aliphatic rings. The maximum atomic E-state index is 11.7. The number of hydrogen-bond acceptors (Lipinski definition) is 4. The smallest absolute Gasteiger partial charge is 0.258 e. The monoisotopic (exact) mass is 410 g/mol. The second kappa shape index (κ2) is 10.6. The van der Waals surface area contributed by atoms with Crippen molar-refractivity contribution in [1.29, 1.82) is 0 Å². The summed E-state index contributed by atoms with van der Waals surface area (Å²) in [4.78, 5) is 23.4. The first-order chi connectivity index (χ1) is 12.9. The lowest BCUT2D eigenvalue weighted by Crippen LogP contribution is -2.38. The lowest BCUT2D eigenvalue weighted by Gasteiger charge is -2.10. The number of halogens is 2. The van der Waals surface area contributed by atoms with Gasteiger partial charge in [0.25, 0.3) is 11.8 Å². The van der Waals surface area contributed by atoms with E-state index < -0.39 is 0 Å². The third kappa shape index (κ3) is 7.76. The van der Waals surface area contributed by atoms with E-state index in [1.807, 2.05) is 19.1 Å². The van der Waals surface area contributed by atoms with Gasteiger partial charge in [0.2, 0.25) is 0 Å². The number of carbonyl (C=O) groups is 2. The van der Waals surface area contributed by atoms with Crippen molar-refractivity contribution in [2.24, 2.45) is 0 Å². The minimum atomic E-state index is -0.328. The van der Waals surface area contributed by atoms with Crippen molar-refractivity contribution in [2.75, 3.05) is 26.3 Å². The van der Waals surface area contributed by atoms with Crippen molar-refractivity contribution < 1.29 is 19.1 Å². The minimum Gasteiger partial charge on any atom is -0.484 e. The van der Waals surface area contributed by atoms with E-state index in [1.165, 1.54) is 6.07 Å². The van der Waals surface area contributed by atoms with Crippen LogP contribution in [0.2, 0.25) is 10.0 Å². The molecule has 0 aliphatic carbocycles. The first kappa shape index (κ1) is 20.9. The number of benzene rings is 2. The second-order valence-electron chi connectivity index (χ2n) is 5.67. The van der Waals surface area contributed by atoms with Crippen LogP contribution in [0.15, 0.2) is 42.5 Å². The number of aryl methyl sites for hydroxylation is 1. The van der Waals surface area contributed by atoms with E-state index >= 15 is 0 Å². The summed E-state index contributed by atoms with van der Waals surface area (Å²) in [5.74, 6) is 0.403. The van der Waals surface area contributed by atoms with Crippen LogP contribution in [-0.2, 0) is 9.59 Å². The van der Waals surface area contributed by atoms with Gasteiger partial charge in [0.15, 0.2) is 13.2 Å². The molecule has 8 heteroatoms. The Hall–Kier alpha value is -2.44. The molecule has 0 aliphatic heterocycles. The van der Waals surface area contributed by atoms with Crippen molar-refractivity contribution in [3.05, 3.63) is 58.1 Å². The van der Waals surface area contributed by atoms with E-state index in [2.05, 4.69) is 10.6 Å². The lowest BCUT2D eigenvalue weighted by atomic mass is 10.2. The highest BCUT2D eigenvalue weighted by atomic mass is 35.5.